The van der Waals surface area contributed by atoms with Gasteiger partial charge in [0.2, 0.25) is 0 Å². The third kappa shape index (κ3) is 3.76. The molecule has 1 aromatic carbocycles. The zero-order chi connectivity index (χ0) is 11.3. The van der Waals surface area contributed by atoms with Crippen molar-refractivity contribution in [3.8, 4) is 0 Å². The highest BCUT2D eigenvalue weighted by Crippen LogP contribution is 2.14. The molecule has 0 radical (unpaired) electrons. The van der Waals surface area contributed by atoms with Gasteiger partial charge in [-0.3, -0.25) is 0 Å². The predicted octanol–water partition coefficient (Wildman–Crippen LogP) is 2.21. The first-order valence-electron chi connectivity index (χ1n) is 5.22. The number of aryl methyl sites for hydroxylation is 1. The molecule has 0 saturated carbocycles. The Kier molecular flexibility index (Phi) is 4.37. The van der Waals surface area contributed by atoms with Crippen molar-refractivity contribution in [3.63, 3.8) is 0 Å². The van der Waals surface area contributed by atoms with Crippen molar-refractivity contribution in [2.45, 2.75) is 6.92 Å². The monoisotopic (exact) mass is 204 g/mol. The van der Waals surface area contributed by atoms with E-state index in [-0.39, 0.29) is 0 Å². The summed E-state index contributed by atoms with van der Waals surface area (Å²) in [6.07, 6.45) is 0. The number of benzene rings is 1. The molecule has 0 saturated heterocycles. The molecule has 82 valence electrons. The Hall–Kier alpha value is -1.28. The van der Waals surface area contributed by atoms with E-state index in [1.807, 2.05) is 7.05 Å². The molecule has 0 heterocycles. The summed E-state index contributed by atoms with van der Waals surface area (Å²) in [5, 5.41) is 3.11. The van der Waals surface area contributed by atoms with Crippen molar-refractivity contribution >= 4 is 5.69 Å². The fraction of sp³-hybridized carbons (Fsp3) is 0.385. The molecule has 0 spiro atoms. The van der Waals surface area contributed by atoms with Gasteiger partial charge >= 0.3 is 0 Å². The molecule has 0 amide bonds. The molecule has 15 heavy (non-hydrogen) atoms. The Morgan fingerprint density at radius 1 is 1.47 bits per heavy atom. The van der Waals surface area contributed by atoms with E-state index in [0.29, 0.717) is 0 Å². The summed E-state index contributed by atoms with van der Waals surface area (Å²) < 4.78 is 0. The molecular weight excluding hydrogens is 184 g/mol. The Morgan fingerprint density at radius 3 is 2.80 bits per heavy atom. The van der Waals surface area contributed by atoms with Crippen molar-refractivity contribution in [1.29, 1.82) is 0 Å². The molecule has 0 aliphatic rings. The van der Waals surface area contributed by atoms with E-state index in [4.69, 9.17) is 0 Å². The van der Waals surface area contributed by atoms with E-state index in [9.17, 15) is 0 Å². The lowest BCUT2D eigenvalue weighted by molar-refractivity contribution is 0.840. The van der Waals surface area contributed by atoms with E-state index < -0.39 is 0 Å². The molecule has 0 fully saturated rings. The van der Waals surface area contributed by atoms with Gasteiger partial charge in [0.15, 0.2) is 0 Å². The molecule has 2 nitrogen and oxygen atoms in total. The van der Waals surface area contributed by atoms with Crippen LogP contribution in [0, 0.1) is 6.92 Å². The van der Waals surface area contributed by atoms with Gasteiger partial charge in [-0.15, -0.1) is 0 Å². The number of hydrogen-bond donors (Lipinski definition) is 1. The fourth-order valence-electron chi connectivity index (χ4n) is 1.60. The average molecular weight is 204 g/mol. The van der Waals surface area contributed by atoms with Crippen LogP contribution in [0.25, 0.3) is 0 Å². The molecule has 0 unspecified atom stereocenters. The molecule has 2 heteroatoms. The summed E-state index contributed by atoms with van der Waals surface area (Å²) >= 11 is 0. The van der Waals surface area contributed by atoms with Gasteiger partial charge in [0, 0.05) is 25.8 Å². The average Bonchev–Trinajstić information content (AvgIpc) is 2.18. The standard InChI is InChI=1S/C13H20N2/c1-11-6-5-7-13(8-11)15(4)10-12(2)9-14-3/h5-8,14H,2,9-10H2,1,3-4H3. The van der Waals surface area contributed by atoms with Crippen molar-refractivity contribution < 1.29 is 0 Å². The highest BCUT2D eigenvalue weighted by atomic mass is 15.1. The minimum atomic E-state index is 0.871. The number of anilines is 1. The second-order valence-electron chi connectivity index (χ2n) is 3.98. The largest absolute Gasteiger partial charge is 0.371 e. The number of nitrogens with zero attached hydrogens (tertiary/aromatic N) is 1. The maximum atomic E-state index is 4.03. The van der Waals surface area contributed by atoms with E-state index in [2.05, 4.69) is 55.0 Å². The summed E-state index contributed by atoms with van der Waals surface area (Å²) in [7, 11) is 4.04. The van der Waals surface area contributed by atoms with Gasteiger partial charge in [-0.05, 0) is 37.2 Å². The van der Waals surface area contributed by atoms with Crippen LogP contribution in [0.2, 0.25) is 0 Å². The minimum absolute atomic E-state index is 0.871. The zero-order valence-corrected chi connectivity index (χ0v) is 9.88. The zero-order valence-electron chi connectivity index (χ0n) is 9.88. The first-order chi connectivity index (χ1) is 7.13. The van der Waals surface area contributed by atoms with Crippen LogP contribution in [0.3, 0.4) is 0 Å². The van der Waals surface area contributed by atoms with Crippen LogP contribution >= 0.6 is 0 Å². The maximum absolute atomic E-state index is 4.03. The lowest BCUT2D eigenvalue weighted by Crippen LogP contribution is -2.24. The first-order valence-corrected chi connectivity index (χ1v) is 5.22. The molecule has 0 aliphatic carbocycles. The van der Waals surface area contributed by atoms with Gasteiger partial charge in [0.1, 0.15) is 0 Å². The van der Waals surface area contributed by atoms with E-state index >= 15 is 0 Å². The summed E-state index contributed by atoms with van der Waals surface area (Å²) in [4.78, 5) is 2.21. The molecule has 0 atom stereocenters. The van der Waals surface area contributed by atoms with Crippen LogP contribution in [0.5, 0.6) is 0 Å². The molecule has 0 aromatic heterocycles. The van der Waals surface area contributed by atoms with Gasteiger partial charge < -0.3 is 10.2 Å². The number of rotatable bonds is 5. The molecule has 1 N–H and O–H groups in total. The van der Waals surface area contributed by atoms with Gasteiger partial charge in [0.25, 0.3) is 0 Å². The quantitative estimate of drug-likeness (QED) is 0.740. The predicted molar refractivity (Wildman–Crippen MR) is 67.5 cm³/mol. The van der Waals surface area contributed by atoms with Gasteiger partial charge in [-0.2, -0.15) is 0 Å². The van der Waals surface area contributed by atoms with Gasteiger partial charge in [0.05, 0.1) is 0 Å². The van der Waals surface area contributed by atoms with Crippen LogP contribution in [-0.4, -0.2) is 27.2 Å². The minimum Gasteiger partial charge on any atom is -0.371 e. The van der Waals surface area contributed by atoms with Gasteiger partial charge in [-0.1, -0.05) is 18.7 Å². The summed E-state index contributed by atoms with van der Waals surface area (Å²) in [6, 6.07) is 8.51. The summed E-state index contributed by atoms with van der Waals surface area (Å²) in [6.45, 7) is 7.90. The second-order valence-corrected chi connectivity index (χ2v) is 3.98. The Morgan fingerprint density at radius 2 is 2.20 bits per heavy atom. The van der Waals surface area contributed by atoms with Crippen molar-refractivity contribution in [1.82, 2.24) is 5.32 Å². The molecular formula is C13H20N2. The van der Waals surface area contributed by atoms with Crippen LogP contribution < -0.4 is 10.2 Å². The normalized spacial score (nSPS) is 10.1. The highest BCUT2D eigenvalue weighted by Gasteiger charge is 2.02. The summed E-state index contributed by atoms with van der Waals surface area (Å²) in [5.74, 6) is 0. The van der Waals surface area contributed by atoms with Crippen molar-refractivity contribution in [2.75, 3.05) is 32.1 Å². The lowest BCUT2D eigenvalue weighted by Gasteiger charge is -2.21. The van der Waals surface area contributed by atoms with Crippen LogP contribution in [0.1, 0.15) is 5.56 Å². The van der Waals surface area contributed by atoms with Crippen LogP contribution in [0.15, 0.2) is 36.4 Å². The van der Waals surface area contributed by atoms with Crippen molar-refractivity contribution in [2.24, 2.45) is 0 Å². The third-order valence-corrected chi connectivity index (χ3v) is 2.33. The highest BCUT2D eigenvalue weighted by molar-refractivity contribution is 5.48. The first kappa shape index (κ1) is 11.8. The molecule has 1 aromatic rings. The molecule has 1 rings (SSSR count). The van der Waals surface area contributed by atoms with Gasteiger partial charge in [-0.25, -0.2) is 0 Å². The van der Waals surface area contributed by atoms with E-state index in [0.717, 1.165) is 13.1 Å². The Labute approximate surface area is 92.6 Å². The number of nitrogens with one attached hydrogen (secondary N) is 1. The fourth-order valence-corrected chi connectivity index (χ4v) is 1.60. The number of likely N-dealkylation sites (N-methyl/N-ethyl adjacent to an activating group) is 2. The van der Waals surface area contributed by atoms with Crippen LogP contribution in [0.4, 0.5) is 5.69 Å². The second kappa shape index (κ2) is 5.56. The molecule has 0 aliphatic heterocycles. The molecule has 0 bridgehead atoms. The third-order valence-electron chi connectivity index (χ3n) is 2.33. The smallest absolute Gasteiger partial charge is 0.0395 e. The SMILES string of the molecule is C=C(CNC)CN(C)c1cccc(C)c1. The number of hydrogen-bond acceptors (Lipinski definition) is 2. The van der Waals surface area contributed by atoms with Crippen LogP contribution in [-0.2, 0) is 0 Å². The van der Waals surface area contributed by atoms with E-state index in [1.54, 1.807) is 0 Å². The Balaban J connectivity index is 2.60. The summed E-state index contributed by atoms with van der Waals surface area (Å²) in [5.41, 5.74) is 3.73. The maximum Gasteiger partial charge on any atom is 0.0395 e. The topological polar surface area (TPSA) is 15.3 Å². The Bertz CT molecular complexity index is 331. The lowest BCUT2D eigenvalue weighted by atomic mass is 10.2. The van der Waals surface area contributed by atoms with Crippen molar-refractivity contribution in [3.05, 3.63) is 42.0 Å². The van der Waals surface area contributed by atoms with E-state index in [1.165, 1.54) is 16.8 Å².